The van der Waals surface area contributed by atoms with Crippen molar-refractivity contribution in [2.24, 2.45) is 0 Å². The molecule has 0 saturated heterocycles. The molecule has 1 aromatic heterocycles. The van der Waals surface area contributed by atoms with Crippen LogP contribution in [0.1, 0.15) is 25.3 Å². The third-order valence-corrected chi connectivity index (χ3v) is 5.26. The summed E-state index contributed by atoms with van der Waals surface area (Å²) in [6.45, 7) is 4.16. The van der Waals surface area contributed by atoms with Gasteiger partial charge >= 0.3 is 6.16 Å². The van der Waals surface area contributed by atoms with E-state index in [9.17, 15) is 4.79 Å². The Kier molecular flexibility index (Phi) is 5.67. The summed E-state index contributed by atoms with van der Waals surface area (Å²) in [6.07, 6.45) is -1.44. The molecule has 0 aliphatic rings. The SMILES string of the molecule is COc1ccc(Oc2c(Br)cc3oc(OC(=O)O)cc3c2Br)cc1C(C)C. The van der Waals surface area contributed by atoms with Gasteiger partial charge in [0.15, 0.2) is 5.75 Å². The highest BCUT2D eigenvalue weighted by Crippen LogP contribution is 2.44. The normalized spacial score (nSPS) is 11.0. The van der Waals surface area contributed by atoms with E-state index in [0.717, 1.165) is 11.3 Å². The fourth-order valence-electron chi connectivity index (χ4n) is 2.64. The third kappa shape index (κ3) is 4.06. The van der Waals surface area contributed by atoms with E-state index in [2.05, 4.69) is 50.4 Å². The van der Waals surface area contributed by atoms with Crippen molar-refractivity contribution in [1.82, 2.24) is 0 Å². The van der Waals surface area contributed by atoms with Crippen LogP contribution in [0.5, 0.6) is 23.2 Å². The van der Waals surface area contributed by atoms with Gasteiger partial charge in [0.1, 0.15) is 17.1 Å². The first kappa shape index (κ1) is 19.6. The molecule has 1 heterocycles. The third-order valence-electron chi connectivity index (χ3n) is 3.88. The van der Waals surface area contributed by atoms with Gasteiger partial charge in [-0.25, -0.2) is 4.79 Å². The molecule has 0 aliphatic heterocycles. The van der Waals surface area contributed by atoms with E-state index >= 15 is 0 Å². The number of carbonyl (C=O) groups is 1. The molecule has 0 bridgehead atoms. The highest BCUT2D eigenvalue weighted by Gasteiger charge is 2.19. The molecule has 3 aromatic rings. The van der Waals surface area contributed by atoms with Crippen LogP contribution in [0.25, 0.3) is 11.0 Å². The van der Waals surface area contributed by atoms with Crippen molar-refractivity contribution in [3.63, 3.8) is 0 Å². The minimum absolute atomic E-state index is 0.117. The zero-order valence-electron chi connectivity index (χ0n) is 14.7. The minimum atomic E-state index is -1.44. The number of hydrogen-bond acceptors (Lipinski definition) is 5. The molecule has 0 aliphatic carbocycles. The molecule has 8 heteroatoms. The maximum atomic E-state index is 10.7. The first-order valence-corrected chi connectivity index (χ1v) is 9.56. The minimum Gasteiger partial charge on any atom is -0.496 e. The lowest BCUT2D eigenvalue weighted by atomic mass is 10.0. The summed E-state index contributed by atoms with van der Waals surface area (Å²) in [6, 6.07) is 8.79. The smallest absolute Gasteiger partial charge is 0.496 e. The van der Waals surface area contributed by atoms with Crippen LogP contribution in [0.15, 0.2) is 43.7 Å². The first-order chi connectivity index (χ1) is 12.8. The highest BCUT2D eigenvalue weighted by molar-refractivity contribution is 9.11. The van der Waals surface area contributed by atoms with E-state index in [1.54, 1.807) is 13.2 Å². The molecule has 0 atom stereocenters. The molecular formula is C19H16Br2O6. The van der Waals surface area contributed by atoms with E-state index in [-0.39, 0.29) is 11.9 Å². The molecule has 0 saturated carbocycles. The van der Waals surface area contributed by atoms with Crippen molar-refractivity contribution in [2.75, 3.05) is 7.11 Å². The molecule has 0 spiro atoms. The maximum absolute atomic E-state index is 10.7. The van der Waals surface area contributed by atoms with Gasteiger partial charge in [0.05, 0.1) is 16.1 Å². The van der Waals surface area contributed by atoms with Crippen LogP contribution in [0.2, 0.25) is 0 Å². The Morgan fingerprint density at radius 2 is 1.93 bits per heavy atom. The number of hydrogen-bond donors (Lipinski definition) is 1. The Bertz CT molecular complexity index is 1010. The zero-order valence-corrected chi connectivity index (χ0v) is 17.9. The number of rotatable bonds is 5. The molecule has 2 aromatic carbocycles. The predicted octanol–water partition coefficient (Wildman–Crippen LogP) is 6.94. The lowest BCUT2D eigenvalue weighted by Crippen LogP contribution is -2.01. The van der Waals surface area contributed by atoms with Crippen LogP contribution in [0.3, 0.4) is 0 Å². The van der Waals surface area contributed by atoms with Crippen LogP contribution in [-0.4, -0.2) is 18.4 Å². The van der Waals surface area contributed by atoms with Gasteiger partial charge in [0.2, 0.25) is 0 Å². The van der Waals surface area contributed by atoms with Crippen molar-refractivity contribution in [3.8, 4) is 23.2 Å². The van der Waals surface area contributed by atoms with Crippen molar-refractivity contribution in [1.29, 1.82) is 0 Å². The van der Waals surface area contributed by atoms with Crippen LogP contribution < -0.4 is 14.2 Å². The van der Waals surface area contributed by atoms with Gasteiger partial charge in [-0.2, -0.15) is 0 Å². The highest BCUT2D eigenvalue weighted by atomic mass is 79.9. The van der Waals surface area contributed by atoms with Crippen molar-refractivity contribution < 1.29 is 28.5 Å². The average Bonchev–Trinajstić information content (AvgIpc) is 3.00. The van der Waals surface area contributed by atoms with E-state index < -0.39 is 6.16 Å². The summed E-state index contributed by atoms with van der Waals surface area (Å²) in [7, 11) is 1.64. The first-order valence-electron chi connectivity index (χ1n) is 7.98. The summed E-state index contributed by atoms with van der Waals surface area (Å²) in [4.78, 5) is 10.7. The van der Waals surface area contributed by atoms with Crippen molar-refractivity contribution in [3.05, 3.63) is 44.8 Å². The van der Waals surface area contributed by atoms with E-state index in [0.29, 0.717) is 31.4 Å². The van der Waals surface area contributed by atoms with Gasteiger partial charge < -0.3 is 23.7 Å². The Labute approximate surface area is 172 Å². The van der Waals surface area contributed by atoms with Crippen molar-refractivity contribution >= 4 is 49.0 Å². The summed E-state index contributed by atoms with van der Waals surface area (Å²) in [5.41, 5.74) is 1.48. The monoisotopic (exact) mass is 498 g/mol. The zero-order chi connectivity index (χ0) is 19.7. The number of carboxylic acid groups (broad SMARTS) is 1. The standard InChI is InChI=1S/C19H16Br2O6/c1-9(2)11-6-10(4-5-14(11)24-3)25-18-13(20)8-15-12(17(18)21)7-16(26-15)27-19(22)23/h4-9H,1-3H3,(H,22,23). The van der Waals surface area contributed by atoms with Gasteiger partial charge in [0.25, 0.3) is 5.95 Å². The molecular weight excluding hydrogens is 484 g/mol. The fraction of sp³-hybridized carbons (Fsp3) is 0.211. The second-order valence-corrected chi connectivity index (χ2v) is 7.65. The topological polar surface area (TPSA) is 78.1 Å². The van der Waals surface area contributed by atoms with Crippen LogP contribution in [0, 0.1) is 0 Å². The average molecular weight is 500 g/mol. The van der Waals surface area contributed by atoms with Gasteiger partial charge in [-0.1, -0.05) is 13.8 Å². The number of furan rings is 1. The summed E-state index contributed by atoms with van der Waals surface area (Å²) < 4.78 is 22.7. The quantitative estimate of drug-likeness (QED) is 0.383. The van der Waals surface area contributed by atoms with E-state index in [1.165, 1.54) is 6.07 Å². The molecule has 1 N–H and O–H groups in total. The van der Waals surface area contributed by atoms with Crippen molar-refractivity contribution in [2.45, 2.75) is 19.8 Å². The second kappa shape index (κ2) is 7.82. The second-order valence-electron chi connectivity index (χ2n) is 6.01. The number of fused-ring (bicyclic) bond motifs is 1. The van der Waals surface area contributed by atoms with Crippen LogP contribution >= 0.6 is 31.9 Å². The predicted molar refractivity (Wildman–Crippen MR) is 107 cm³/mol. The molecule has 0 unspecified atom stereocenters. The molecule has 0 radical (unpaired) electrons. The lowest BCUT2D eigenvalue weighted by molar-refractivity contribution is 0.134. The van der Waals surface area contributed by atoms with Gasteiger partial charge in [-0.05, 0) is 62.0 Å². The Morgan fingerprint density at radius 3 is 2.56 bits per heavy atom. The van der Waals surface area contributed by atoms with Gasteiger partial charge in [0, 0.05) is 17.0 Å². The summed E-state index contributed by atoms with van der Waals surface area (Å²) in [5, 5.41) is 9.37. The molecule has 0 fully saturated rings. The largest absolute Gasteiger partial charge is 0.513 e. The van der Waals surface area contributed by atoms with E-state index in [4.69, 9.17) is 19.0 Å². The summed E-state index contributed by atoms with van der Waals surface area (Å²) in [5.74, 6) is 2.13. The molecule has 6 nitrogen and oxygen atoms in total. The number of methoxy groups -OCH3 is 1. The Balaban J connectivity index is 2.02. The Morgan fingerprint density at radius 1 is 1.19 bits per heavy atom. The van der Waals surface area contributed by atoms with Gasteiger partial charge in [-0.3, -0.25) is 0 Å². The number of benzene rings is 2. The fourth-order valence-corrected chi connectivity index (χ4v) is 4.00. The molecule has 3 rings (SSSR count). The van der Waals surface area contributed by atoms with Crippen LogP contribution in [0.4, 0.5) is 4.79 Å². The van der Waals surface area contributed by atoms with Crippen LogP contribution in [-0.2, 0) is 0 Å². The molecule has 27 heavy (non-hydrogen) atoms. The Hall–Kier alpha value is -2.19. The van der Waals surface area contributed by atoms with Gasteiger partial charge in [-0.15, -0.1) is 0 Å². The summed E-state index contributed by atoms with van der Waals surface area (Å²) >= 11 is 6.97. The van der Waals surface area contributed by atoms with E-state index in [1.807, 2.05) is 18.2 Å². The molecule has 0 amide bonds. The molecule has 142 valence electrons. The lowest BCUT2D eigenvalue weighted by Gasteiger charge is -2.15. The number of halogens is 2. The maximum Gasteiger partial charge on any atom is 0.513 e. The number of ether oxygens (including phenoxy) is 3.